The van der Waals surface area contributed by atoms with Crippen LogP contribution in [0.25, 0.3) is 0 Å². The Bertz CT molecular complexity index is 598. The van der Waals surface area contributed by atoms with Gasteiger partial charge < -0.3 is 10.0 Å². The average Bonchev–Trinajstić information content (AvgIpc) is 3.00. The summed E-state index contributed by atoms with van der Waals surface area (Å²) in [6, 6.07) is 10.5. The van der Waals surface area contributed by atoms with Crippen LogP contribution in [0, 0.1) is 5.92 Å². The van der Waals surface area contributed by atoms with Crippen molar-refractivity contribution >= 4 is 11.9 Å². The molecule has 1 aliphatic heterocycles. The summed E-state index contributed by atoms with van der Waals surface area (Å²) < 4.78 is 14.1. The van der Waals surface area contributed by atoms with E-state index in [1.54, 1.807) is 0 Å². The van der Waals surface area contributed by atoms with E-state index in [-0.39, 0.29) is 25.4 Å². The lowest BCUT2D eigenvalue weighted by Crippen LogP contribution is -2.39. The SMILES string of the molecule is O=C(CC1CCC(c2ccccc2)CC1)N1CCC(F)(C(=O)O)C1. The van der Waals surface area contributed by atoms with Gasteiger partial charge in [0.2, 0.25) is 11.6 Å². The summed E-state index contributed by atoms with van der Waals surface area (Å²) in [5.74, 6) is -0.660. The van der Waals surface area contributed by atoms with E-state index in [1.165, 1.54) is 10.5 Å². The number of carbonyl (C=O) groups is 2. The lowest BCUT2D eigenvalue weighted by atomic mass is 9.77. The quantitative estimate of drug-likeness (QED) is 0.919. The number of halogens is 1. The summed E-state index contributed by atoms with van der Waals surface area (Å²) in [5, 5.41) is 8.92. The Morgan fingerprint density at radius 3 is 2.42 bits per heavy atom. The normalized spacial score (nSPS) is 30.3. The first-order valence-corrected chi connectivity index (χ1v) is 8.73. The van der Waals surface area contributed by atoms with Gasteiger partial charge in [0.25, 0.3) is 0 Å². The minimum Gasteiger partial charge on any atom is -0.479 e. The molecule has 1 saturated heterocycles. The Morgan fingerprint density at radius 1 is 1.17 bits per heavy atom. The predicted octanol–water partition coefficient (Wildman–Crippen LogP) is 3.38. The predicted molar refractivity (Wildman–Crippen MR) is 88.4 cm³/mol. The summed E-state index contributed by atoms with van der Waals surface area (Å²) in [6.45, 7) is -0.0957. The molecule has 0 aromatic heterocycles. The molecule has 2 aliphatic rings. The first-order valence-electron chi connectivity index (χ1n) is 8.73. The highest BCUT2D eigenvalue weighted by molar-refractivity contribution is 5.82. The van der Waals surface area contributed by atoms with Crippen LogP contribution in [0.5, 0.6) is 0 Å². The maximum Gasteiger partial charge on any atom is 0.343 e. The number of aliphatic carboxylic acids is 1. The van der Waals surface area contributed by atoms with Gasteiger partial charge in [0.05, 0.1) is 6.54 Å². The van der Waals surface area contributed by atoms with Crippen molar-refractivity contribution in [1.82, 2.24) is 4.90 Å². The van der Waals surface area contributed by atoms with Gasteiger partial charge in [0.1, 0.15) is 0 Å². The molecule has 2 fully saturated rings. The summed E-state index contributed by atoms with van der Waals surface area (Å²) >= 11 is 0. The molecule has 24 heavy (non-hydrogen) atoms. The second-order valence-corrected chi connectivity index (χ2v) is 7.17. The molecule has 1 aromatic carbocycles. The van der Waals surface area contributed by atoms with E-state index in [4.69, 9.17) is 5.11 Å². The molecule has 1 unspecified atom stereocenters. The van der Waals surface area contributed by atoms with E-state index in [1.807, 2.05) is 6.07 Å². The first kappa shape index (κ1) is 16.9. The first-order chi connectivity index (χ1) is 11.5. The van der Waals surface area contributed by atoms with E-state index in [0.29, 0.717) is 18.3 Å². The van der Waals surface area contributed by atoms with Crippen molar-refractivity contribution in [3.8, 4) is 0 Å². The van der Waals surface area contributed by atoms with Gasteiger partial charge in [0, 0.05) is 19.4 Å². The zero-order valence-corrected chi connectivity index (χ0v) is 13.8. The Morgan fingerprint density at radius 2 is 1.83 bits per heavy atom. The van der Waals surface area contributed by atoms with E-state index in [2.05, 4.69) is 24.3 Å². The maximum atomic E-state index is 14.1. The molecule has 130 valence electrons. The third-order valence-electron chi connectivity index (χ3n) is 5.54. The van der Waals surface area contributed by atoms with Crippen LogP contribution in [-0.4, -0.2) is 40.6 Å². The smallest absolute Gasteiger partial charge is 0.343 e. The number of hydrogen-bond donors (Lipinski definition) is 1. The van der Waals surface area contributed by atoms with Crippen molar-refractivity contribution in [3.63, 3.8) is 0 Å². The van der Waals surface area contributed by atoms with Gasteiger partial charge >= 0.3 is 5.97 Å². The third-order valence-corrected chi connectivity index (χ3v) is 5.54. The molecule has 5 heteroatoms. The van der Waals surface area contributed by atoms with Crippen LogP contribution in [0.3, 0.4) is 0 Å². The number of benzene rings is 1. The Labute approximate surface area is 141 Å². The molecular weight excluding hydrogens is 309 g/mol. The molecular formula is C19H24FNO3. The van der Waals surface area contributed by atoms with Crippen molar-refractivity contribution in [2.75, 3.05) is 13.1 Å². The van der Waals surface area contributed by atoms with E-state index in [9.17, 15) is 14.0 Å². The second kappa shape index (κ2) is 6.91. The Balaban J connectivity index is 1.48. The molecule has 0 spiro atoms. The van der Waals surface area contributed by atoms with E-state index < -0.39 is 11.6 Å². The van der Waals surface area contributed by atoms with Crippen molar-refractivity contribution in [3.05, 3.63) is 35.9 Å². The number of amides is 1. The van der Waals surface area contributed by atoms with Gasteiger partial charge in [-0.2, -0.15) is 0 Å². The van der Waals surface area contributed by atoms with Crippen molar-refractivity contribution in [2.45, 2.75) is 50.1 Å². The second-order valence-electron chi connectivity index (χ2n) is 7.17. The molecule has 0 bridgehead atoms. The maximum absolute atomic E-state index is 14.1. The number of nitrogens with zero attached hydrogens (tertiary/aromatic N) is 1. The van der Waals surface area contributed by atoms with Crippen molar-refractivity contribution < 1.29 is 19.1 Å². The number of carboxylic acids is 1. The number of likely N-dealkylation sites (tertiary alicyclic amines) is 1. The topological polar surface area (TPSA) is 57.6 Å². The van der Waals surface area contributed by atoms with Gasteiger partial charge in [-0.15, -0.1) is 0 Å². The van der Waals surface area contributed by atoms with Crippen LogP contribution >= 0.6 is 0 Å². The van der Waals surface area contributed by atoms with Crippen LogP contribution in [0.4, 0.5) is 4.39 Å². The highest BCUT2D eigenvalue weighted by Crippen LogP contribution is 2.37. The van der Waals surface area contributed by atoms with Gasteiger partial charge in [-0.3, -0.25) is 4.79 Å². The van der Waals surface area contributed by atoms with Gasteiger partial charge in [-0.1, -0.05) is 30.3 Å². The minimum absolute atomic E-state index is 0.0982. The van der Waals surface area contributed by atoms with Gasteiger partial charge in [0.15, 0.2) is 0 Å². The number of carbonyl (C=O) groups excluding carboxylic acids is 1. The molecule has 1 heterocycles. The highest BCUT2D eigenvalue weighted by atomic mass is 19.1. The molecule has 1 saturated carbocycles. The Hall–Kier alpha value is -1.91. The van der Waals surface area contributed by atoms with Crippen LogP contribution in [0.15, 0.2) is 30.3 Å². The van der Waals surface area contributed by atoms with Crippen LogP contribution in [-0.2, 0) is 9.59 Å². The molecule has 1 amide bonds. The van der Waals surface area contributed by atoms with Crippen LogP contribution in [0.1, 0.15) is 50.0 Å². The molecule has 1 atom stereocenters. The zero-order valence-electron chi connectivity index (χ0n) is 13.8. The average molecular weight is 333 g/mol. The lowest BCUT2D eigenvalue weighted by Gasteiger charge is -2.29. The summed E-state index contributed by atoms with van der Waals surface area (Å²) in [6.07, 6.45) is 4.46. The van der Waals surface area contributed by atoms with E-state index in [0.717, 1.165) is 25.7 Å². The van der Waals surface area contributed by atoms with Gasteiger partial charge in [-0.05, 0) is 43.1 Å². The Kier molecular flexibility index (Phi) is 4.88. The molecule has 1 aliphatic carbocycles. The summed E-state index contributed by atoms with van der Waals surface area (Å²) in [7, 11) is 0. The summed E-state index contributed by atoms with van der Waals surface area (Å²) in [5.41, 5.74) is -0.897. The fourth-order valence-electron chi connectivity index (χ4n) is 3.96. The number of rotatable bonds is 4. The number of carboxylic acid groups (broad SMARTS) is 1. The van der Waals surface area contributed by atoms with Gasteiger partial charge in [-0.25, -0.2) is 9.18 Å². The molecule has 1 aromatic rings. The monoisotopic (exact) mass is 333 g/mol. The van der Waals surface area contributed by atoms with Crippen molar-refractivity contribution in [1.29, 1.82) is 0 Å². The molecule has 4 nitrogen and oxygen atoms in total. The molecule has 0 radical (unpaired) electrons. The minimum atomic E-state index is -2.26. The number of alkyl halides is 1. The highest BCUT2D eigenvalue weighted by Gasteiger charge is 2.46. The third kappa shape index (κ3) is 3.60. The zero-order chi connectivity index (χ0) is 17.2. The number of hydrogen-bond acceptors (Lipinski definition) is 2. The van der Waals surface area contributed by atoms with Crippen LogP contribution < -0.4 is 0 Å². The summed E-state index contributed by atoms with van der Waals surface area (Å²) in [4.78, 5) is 24.7. The molecule has 1 N–H and O–H groups in total. The van der Waals surface area contributed by atoms with Crippen molar-refractivity contribution in [2.24, 2.45) is 5.92 Å². The largest absolute Gasteiger partial charge is 0.479 e. The van der Waals surface area contributed by atoms with E-state index >= 15 is 0 Å². The fraction of sp³-hybridized carbons (Fsp3) is 0.579. The lowest BCUT2D eigenvalue weighted by molar-refractivity contribution is -0.150. The molecule has 3 rings (SSSR count). The fourth-order valence-corrected chi connectivity index (χ4v) is 3.96. The standard InChI is InChI=1S/C19H24FNO3/c20-19(18(23)24)10-11-21(13-19)17(22)12-14-6-8-16(9-7-14)15-4-2-1-3-5-15/h1-5,14,16H,6-13H2,(H,23,24). The van der Waals surface area contributed by atoms with Crippen LogP contribution in [0.2, 0.25) is 0 Å².